The summed E-state index contributed by atoms with van der Waals surface area (Å²) in [7, 11) is 1.58. The molecule has 0 unspecified atom stereocenters. The molecule has 4 aromatic rings. The molecule has 0 saturated carbocycles. The number of rotatable bonds is 9. The van der Waals surface area contributed by atoms with Gasteiger partial charge in [-0.2, -0.15) is 9.78 Å². The smallest absolute Gasteiger partial charge is 0.299 e. The molecule has 1 amide bonds. The Morgan fingerprint density at radius 3 is 2.52 bits per heavy atom. The van der Waals surface area contributed by atoms with E-state index in [1.165, 1.54) is 10.9 Å². The van der Waals surface area contributed by atoms with Gasteiger partial charge in [-0.15, -0.1) is 0 Å². The summed E-state index contributed by atoms with van der Waals surface area (Å²) in [5, 5.41) is 10.5. The lowest BCUT2D eigenvalue weighted by molar-refractivity contribution is 0.0858. The summed E-state index contributed by atoms with van der Waals surface area (Å²) in [6.07, 6.45) is 3.56. The molecule has 2 heterocycles. The Kier molecular flexibility index (Phi) is 8.12. The highest BCUT2D eigenvalue weighted by Crippen LogP contribution is 2.32. The normalized spacial score (nSPS) is 14.5. The molecule has 1 atom stereocenters. The van der Waals surface area contributed by atoms with Crippen molar-refractivity contribution in [3.63, 3.8) is 0 Å². The lowest BCUT2D eigenvalue weighted by Crippen LogP contribution is -2.31. The minimum Gasteiger partial charge on any atom is -0.497 e. The van der Waals surface area contributed by atoms with E-state index >= 15 is 0 Å². The fourth-order valence-electron chi connectivity index (χ4n) is 4.45. The number of hydrogen-bond donors (Lipinski definition) is 2. The van der Waals surface area contributed by atoms with Crippen molar-refractivity contribution in [1.82, 2.24) is 15.1 Å². The average Bonchev–Trinajstić information content (AvgIpc) is 3.50. The molecule has 0 radical (unpaired) electrons. The molecule has 3 aromatic carbocycles. The van der Waals surface area contributed by atoms with Gasteiger partial charge in [0.25, 0.3) is 11.5 Å². The predicted octanol–water partition coefficient (Wildman–Crippen LogP) is 5.30. The van der Waals surface area contributed by atoms with Gasteiger partial charge >= 0.3 is 0 Å². The summed E-state index contributed by atoms with van der Waals surface area (Å²) in [6.45, 7) is 5.19. The van der Waals surface area contributed by atoms with Crippen molar-refractivity contribution in [3.8, 4) is 22.9 Å². The van der Waals surface area contributed by atoms with Crippen LogP contribution >= 0.6 is 0 Å². The van der Waals surface area contributed by atoms with Gasteiger partial charge in [-0.1, -0.05) is 12.1 Å². The number of methoxy groups -OCH3 is 1. The zero-order valence-corrected chi connectivity index (χ0v) is 22.8. The number of carbonyl (C=O) groups excluding carboxylic acids is 1. The van der Waals surface area contributed by atoms with Crippen LogP contribution in [0.15, 0.2) is 77.7 Å². The molecule has 2 N–H and O–H groups in total. The molecule has 206 valence electrons. The Morgan fingerprint density at radius 1 is 1.05 bits per heavy atom. The number of amides is 1. The van der Waals surface area contributed by atoms with Crippen LogP contribution in [-0.2, 0) is 4.74 Å². The zero-order valence-electron chi connectivity index (χ0n) is 22.8. The first-order chi connectivity index (χ1) is 19.4. The van der Waals surface area contributed by atoms with Crippen LogP contribution in [0, 0.1) is 13.8 Å². The van der Waals surface area contributed by atoms with E-state index < -0.39 is 5.56 Å². The SMILES string of the molecule is COc1ccc(-n2ncc(Oc3cccc(C)c3C)c(Nc3ccc(C(=O)NC[C@H]4CCCO4)cc3)c2=O)cc1. The number of aromatic nitrogens is 2. The van der Waals surface area contributed by atoms with E-state index in [2.05, 4.69) is 15.7 Å². The van der Waals surface area contributed by atoms with Gasteiger partial charge in [0, 0.05) is 24.4 Å². The molecule has 9 heteroatoms. The summed E-state index contributed by atoms with van der Waals surface area (Å²) in [5.74, 6) is 1.41. The molecule has 0 bridgehead atoms. The van der Waals surface area contributed by atoms with Gasteiger partial charge < -0.3 is 24.8 Å². The summed E-state index contributed by atoms with van der Waals surface area (Å²) in [5.41, 5.74) is 3.55. The molecule has 40 heavy (non-hydrogen) atoms. The first-order valence-electron chi connectivity index (χ1n) is 13.2. The molecule has 1 aliphatic heterocycles. The van der Waals surface area contributed by atoms with Crippen molar-refractivity contribution in [3.05, 3.63) is 100.0 Å². The van der Waals surface area contributed by atoms with E-state index in [-0.39, 0.29) is 23.4 Å². The maximum absolute atomic E-state index is 13.7. The first-order valence-corrected chi connectivity index (χ1v) is 13.2. The Hall–Kier alpha value is -4.63. The molecule has 0 aliphatic carbocycles. The van der Waals surface area contributed by atoms with Gasteiger partial charge in [-0.3, -0.25) is 9.59 Å². The molecular formula is C31H32N4O5. The highest BCUT2D eigenvalue weighted by atomic mass is 16.5. The number of aryl methyl sites for hydroxylation is 1. The van der Waals surface area contributed by atoms with Crippen molar-refractivity contribution < 1.29 is 19.0 Å². The fourth-order valence-corrected chi connectivity index (χ4v) is 4.45. The summed E-state index contributed by atoms with van der Waals surface area (Å²) in [6, 6.07) is 19.7. The third kappa shape index (κ3) is 6.00. The summed E-state index contributed by atoms with van der Waals surface area (Å²) >= 11 is 0. The number of anilines is 2. The highest BCUT2D eigenvalue weighted by Gasteiger charge is 2.18. The van der Waals surface area contributed by atoms with E-state index in [0.717, 1.165) is 30.6 Å². The van der Waals surface area contributed by atoms with Gasteiger partial charge in [0.05, 0.1) is 25.1 Å². The van der Waals surface area contributed by atoms with E-state index in [1.54, 1.807) is 55.6 Å². The number of benzene rings is 3. The molecule has 1 saturated heterocycles. The standard InChI is InChI=1S/C31H32N4O5/c1-20-6-4-8-27(21(20)2)40-28-19-33-35(24-13-15-25(38-3)16-14-24)31(37)29(28)34-23-11-9-22(10-12-23)30(36)32-18-26-7-5-17-39-26/h4,6,8-16,19,26,34H,5,7,17-18H2,1-3H3,(H,32,36)/t26-/m1/s1. The fraction of sp³-hybridized carbons (Fsp3) is 0.258. The number of nitrogens with one attached hydrogen (secondary N) is 2. The predicted molar refractivity (Wildman–Crippen MR) is 153 cm³/mol. The first kappa shape index (κ1) is 27.0. The minimum absolute atomic E-state index is 0.0694. The lowest BCUT2D eigenvalue weighted by atomic mass is 10.1. The van der Waals surface area contributed by atoms with Gasteiger partial charge in [0.2, 0.25) is 0 Å². The summed E-state index contributed by atoms with van der Waals surface area (Å²) in [4.78, 5) is 26.3. The van der Waals surface area contributed by atoms with E-state index in [1.807, 2.05) is 32.0 Å². The second-order valence-corrected chi connectivity index (χ2v) is 9.65. The van der Waals surface area contributed by atoms with Gasteiger partial charge in [-0.25, -0.2) is 0 Å². The second-order valence-electron chi connectivity index (χ2n) is 9.65. The Balaban J connectivity index is 1.43. The van der Waals surface area contributed by atoms with Crippen molar-refractivity contribution >= 4 is 17.3 Å². The van der Waals surface area contributed by atoms with Crippen LogP contribution in [0.5, 0.6) is 17.2 Å². The molecular weight excluding hydrogens is 508 g/mol. The van der Waals surface area contributed by atoms with Crippen molar-refractivity contribution in [2.45, 2.75) is 32.8 Å². The van der Waals surface area contributed by atoms with Crippen LogP contribution in [0.2, 0.25) is 0 Å². The van der Waals surface area contributed by atoms with Crippen LogP contribution in [0.4, 0.5) is 11.4 Å². The van der Waals surface area contributed by atoms with Crippen molar-refractivity contribution in [2.75, 3.05) is 25.6 Å². The zero-order chi connectivity index (χ0) is 28.1. The minimum atomic E-state index is -0.397. The number of ether oxygens (including phenoxy) is 3. The van der Waals surface area contributed by atoms with Gasteiger partial charge in [0.1, 0.15) is 11.5 Å². The summed E-state index contributed by atoms with van der Waals surface area (Å²) < 4.78 is 18.3. The van der Waals surface area contributed by atoms with Gasteiger partial charge in [0.15, 0.2) is 11.4 Å². The van der Waals surface area contributed by atoms with E-state index in [4.69, 9.17) is 14.2 Å². The largest absolute Gasteiger partial charge is 0.497 e. The number of carbonyl (C=O) groups is 1. The van der Waals surface area contributed by atoms with Crippen molar-refractivity contribution in [1.29, 1.82) is 0 Å². The van der Waals surface area contributed by atoms with Crippen LogP contribution in [0.3, 0.4) is 0 Å². The van der Waals surface area contributed by atoms with Crippen LogP contribution < -0.4 is 25.7 Å². The number of nitrogens with zero attached hydrogens (tertiary/aromatic N) is 2. The average molecular weight is 541 g/mol. The Labute approximate surface area is 232 Å². The van der Waals surface area contributed by atoms with Gasteiger partial charge in [-0.05, 0) is 92.4 Å². The topological polar surface area (TPSA) is 104 Å². The van der Waals surface area contributed by atoms with Crippen LogP contribution in [-0.4, -0.2) is 42.1 Å². The maximum atomic E-state index is 13.7. The van der Waals surface area contributed by atoms with Crippen molar-refractivity contribution in [2.24, 2.45) is 0 Å². The van der Waals surface area contributed by atoms with Crippen LogP contribution in [0.25, 0.3) is 5.69 Å². The molecule has 0 spiro atoms. The molecule has 5 rings (SSSR count). The molecule has 1 aliphatic rings. The quantitative estimate of drug-likeness (QED) is 0.297. The molecule has 1 aromatic heterocycles. The van der Waals surface area contributed by atoms with E-state index in [0.29, 0.717) is 35.0 Å². The monoisotopic (exact) mass is 540 g/mol. The van der Waals surface area contributed by atoms with E-state index in [9.17, 15) is 9.59 Å². The third-order valence-corrected chi connectivity index (χ3v) is 6.97. The highest BCUT2D eigenvalue weighted by molar-refractivity contribution is 5.94. The Bertz CT molecular complexity index is 1540. The van der Waals surface area contributed by atoms with Crippen LogP contribution in [0.1, 0.15) is 34.3 Å². The molecule has 9 nitrogen and oxygen atoms in total. The second kappa shape index (κ2) is 12.0. The number of hydrogen-bond acceptors (Lipinski definition) is 7. The maximum Gasteiger partial charge on any atom is 0.299 e. The molecule has 1 fully saturated rings. The lowest BCUT2D eigenvalue weighted by Gasteiger charge is -2.16. The Morgan fingerprint density at radius 2 is 1.82 bits per heavy atom. The third-order valence-electron chi connectivity index (χ3n) is 6.97.